The largest absolute Gasteiger partial charge is 0.472 e. The Labute approximate surface area is 212 Å². The smallest absolute Gasteiger partial charge is 0.388 e. The fourth-order valence-corrected chi connectivity index (χ4v) is 6.51. The van der Waals surface area contributed by atoms with Crippen LogP contribution in [-0.4, -0.2) is 115 Å². The third kappa shape index (κ3) is 8.33. The number of nitrogens with one attached hydrogen (secondary N) is 2. The Balaban J connectivity index is 1.26. The summed E-state index contributed by atoms with van der Waals surface area (Å²) in [5, 5.41) is 46.1. The molecule has 8 N–H and O–H groups in total. The molecule has 14 nitrogen and oxygen atoms in total. The van der Waals surface area contributed by atoms with Crippen LogP contribution >= 0.6 is 19.6 Å². The van der Waals surface area contributed by atoms with Crippen molar-refractivity contribution in [3.05, 3.63) is 0 Å². The highest BCUT2D eigenvalue weighted by Gasteiger charge is 2.48. The minimum atomic E-state index is -5.08. The Bertz CT molecular complexity index is 803. The number of urea groups is 1. The van der Waals surface area contributed by atoms with E-state index in [2.05, 4.69) is 15.2 Å². The number of fused-ring (bicyclic) bond motifs is 1. The van der Waals surface area contributed by atoms with Gasteiger partial charge in [-0.3, -0.25) is 9.32 Å². The molecule has 3 rings (SSSR count). The van der Waals surface area contributed by atoms with E-state index < -0.39 is 44.6 Å². The molecule has 2 amide bonds. The molecular weight excluding hydrogens is 523 g/mol. The maximum Gasteiger partial charge on any atom is 0.472 e. The molecule has 3 fully saturated rings. The summed E-state index contributed by atoms with van der Waals surface area (Å²) in [6.07, 6.45) is -6.86. The molecule has 0 aromatic carbocycles. The number of phosphoric ester groups is 1. The number of unbranched alkanes of at least 4 members (excludes halogenated alkanes) is 1. The summed E-state index contributed by atoms with van der Waals surface area (Å²) >= 11 is 1.84. The van der Waals surface area contributed by atoms with E-state index >= 15 is 0 Å². The maximum atomic E-state index is 12.1. The van der Waals surface area contributed by atoms with Gasteiger partial charge in [0.1, 0.15) is 36.3 Å². The van der Waals surface area contributed by atoms with Crippen LogP contribution in [0.15, 0.2) is 0 Å². The van der Waals surface area contributed by atoms with Gasteiger partial charge in [0, 0.05) is 30.5 Å². The number of Topliss-reactive ketones (excluding diaryl/α,β-unsaturated/α-hetero) is 1. The molecule has 3 aliphatic rings. The number of aliphatic hydroxyl groups is 4. The Morgan fingerprint density at radius 1 is 1.11 bits per heavy atom. The van der Waals surface area contributed by atoms with E-state index in [1.165, 1.54) is 0 Å². The Morgan fingerprint density at radius 2 is 1.83 bits per heavy atom. The number of carbonyl (C=O) groups is 2. The molecular formula is C20H35N2O12PS. The second-order valence-electron chi connectivity index (χ2n) is 9.19. The summed E-state index contributed by atoms with van der Waals surface area (Å²) in [7, 11) is -5.08. The zero-order valence-corrected chi connectivity index (χ0v) is 21.3. The lowest BCUT2D eigenvalue weighted by Crippen LogP contribution is -2.61. The molecule has 0 saturated carbocycles. The fourth-order valence-electron chi connectivity index (χ4n) is 4.52. The lowest BCUT2D eigenvalue weighted by molar-refractivity contribution is -0.293. The van der Waals surface area contributed by atoms with E-state index in [1.807, 2.05) is 11.8 Å². The summed E-state index contributed by atoms with van der Waals surface area (Å²) in [4.78, 5) is 41.3. The summed E-state index contributed by atoms with van der Waals surface area (Å²) in [5.74, 6) is 0.991. The Morgan fingerprint density at radius 3 is 2.56 bits per heavy atom. The van der Waals surface area contributed by atoms with Crippen molar-refractivity contribution in [1.29, 1.82) is 0 Å². The average Bonchev–Trinajstić information content (AvgIpc) is 3.35. The second kappa shape index (κ2) is 13.3. The van der Waals surface area contributed by atoms with Crippen molar-refractivity contribution < 1.29 is 58.4 Å². The first-order valence-electron chi connectivity index (χ1n) is 11.9. The zero-order valence-electron chi connectivity index (χ0n) is 19.5. The Hall–Kier alpha value is -0.840. The van der Waals surface area contributed by atoms with E-state index in [4.69, 9.17) is 19.3 Å². The summed E-state index contributed by atoms with van der Waals surface area (Å²) in [6.45, 7) is -0.221. The highest BCUT2D eigenvalue weighted by molar-refractivity contribution is 8.00. The van der Waals surface area contributed by atoms with Crippen molar-refractivity contribution in [3.8, 4) is 0 Å². The molecule has 5 unspecified atom stereocenters. The number of hydrogen-bond donors (Lipinski definition) is 8. The molecule has 16 heteroatoms. The molecule has 3 saturated heterocycles. The number of thioether (sulfide) groups is 1. The lowest BCUT2D eigenvalue weighted by atomic mass is 9.96. The predicted octanol–water partition coefficient (Wildman–Crippen LogP) is -1.64. The highest BCUT2D eigenvalue weighted by atomic mass is 32.2. The first-order chi connectivity index (χ1) is 17.0. The summed E-state index contributed by atoms with van der Waals surface area (Å²) in [5.41, 5.74) is 0. The van der Waals surface area contributed by atoms with Gasteiger partial charge in [-0.05, 0) is 19.3 Å². The molecule has 0 radical (unpaired) electrons. The number of amides is 2. The number of aliphatic hydroxyl groups excluding tert-OH is 4. The van der Waals surface area contributed by atoms with Gasteiger partial charge in [-0.15, -0.1) is 0 Å². The molecule has 3 aliphatic heterocycles. The summed E-state index contributed by atoms with van der Waals surface area (Å²) in [6, 6.07) is 0.229. The molecule has 9 atom stereocenters. The van der Waals surface area contributed by atoms with Crippen LogP contribution in [0.3, 0.4) is 0 Å². The van der Waals surface area contributed by atoms with Crippen LogP contribution in [0.25, 0.3) is 0 Å². The van der Waals surface area contributed by atoms with E-state index in [0.717, 1.165) is 25.0 Å². The van der Waals surface area contributed by atoms with Gasteiger partial charge in [0.25, 0.3) is 0 Å². The van der Waals surface area contributed by atoms with Crippen LogP contribution in [0.2, 0.25) is 0 Å². The van der Waals surface area contributed by atoms with Gasteiger partial charge in [-0.1, -0.05) is 6.42 Å². The van der Waals surface area contributed by atoms with Crippen LogP contribution in [-0.2, 0) is 23.4 Å². The zero-order chi connectivity index (χ0) is 26.5. The molecule has 0 aliphatic carbocycles. The number of rotatable bonds is 14. The van der Waals surface area contributed by atoms with Crippen molar-refractivity contribution in [2.24, 2.45) is 0 Å². The molecule has 208 valence electrons. The van der Waals surface area contributed by atoms with E-state index in [0.29, 0.717) is 24.5 Å². The van der Waals surface area contributed by atoms with Crippen LogP contribution in [0.5, 0.6) is 0 Å². The van der Waals surface area contributed by atoms with Crippen LogP contribution in [0, 0.1) is 0 Å². The number of hydrogen-bond acceptors (Lipinski definition) is 11. The van der Waals surface area contributed by atoms with Crippen LogP contribution < -0.4 is 10.6 Å². The van der Waals surface area contributed by atoms with Crippen LogP contribution in [0.1, 0.15) is 38.5 Å². The fraction of sp³-hybridized carbons (Fsp3) is 0.900. The van der Waals surface area contributed by atoms with Gasteiger partial charge in [-0.25, -0.2) is 9.36 Å². The Kier molecular flexibility index (Phi) is 11.0. The minimum Gasteiger partial charge on any atom is -0.388 e. The monoisotopic (exact) mass is 558 g/mol. The van der Waals surface area contributed by atoms with Gasteiger partial charge in [0.05, 0.1) is 18.7 Å². The average molecular weight is 559 g/mol. The molecule has 0 spiro atoms. The SMILES string of the molecule is O=C(CCCCC1SCC2NC(=O)NC21)CCCOC[C@@H](O)C1O[C@@H](OP(=O)(O)O)C(O)[C@@H](O)[C@@H]1O. The van der Waals surface area contributed by atoms with Crippen molar-refractivity contribution in [2.75, 3.05) is 19.0 Å². The van der Waals surface area contributed by atoms with Gasteiger partial charge in [0.2, 0.25) is 0 Å². The first kappa shape index (κ1) is 29.7. The third-order valence-corrected chi connectivity index (χ3v) is 8.38. The van der Waals surface area contributed by atoms with E-state index in [1.54, 1.807) is 0 Å². The van der Waals surface area contributed by atoms with Crippen molar-refractivity contribution in [1.82, 2.24) is 10.6 Å². The number of carbonyl (C=O) groups excluding carboxylic acids is 2. The molecule has 0 bridgehead atoms. The molecule has 0 aromatic rings. The highest BCUT2D eigenvalue weighted by Crippen LogP contribution is 2.41. The van der Waals surface area contributed by atoms with Crippen LogP contribution in [0.4, 0.5) is 4.79 Å². The van der Waals surface area contributed by atoms with E-state index in [9.17, 15) is 34.6 Å². The third-order valence-electron chi connectivity index (χ3n) is 6.39. The number of phosphoric acid groups is 1. The first-order valence-corrected chi connectivity index (χ1v) is 14.4. The second-order valence-corrected chi connectivity index (χ2v) is 11.7. The van der Waals surface area contributed by atoms with Crippen molar-refractivity contribution in [2.45, 2.75) is 92.7 Å². The van der Waals surface area contributed by atoms with Gasteiger partial charge >= 0.3 is 13.9 Å². The van der Waals surface area contributed by atoms with E-state index in [-0.39, 0.29) is 37.1 Å². The quantitative estimate of drug-likeness (QED) is 0.0681. The molecule has 3 heterocycles. The normalized spacial score (nSPS) is 35.2. The number of ketones is 1. The van der Waals surface area contributed by atoms with Gasteiger partial charge in [0.15, 0.2) is 6.29 Å². The number of ether oxygens (including phenoxy) is 2. The molecule has 0 aromatic heterocycles. The van der Waals surface area contributed by atoms with Gasteiger partial charge < -0.3 is 50.3 Å². The van der Waals surface area contributed by atoms with Gasteiger partial charge in [-0.2, -0.15) is 11.8 Å². The topological polar surface area (TPSA) is 224 Å². The lowest BCUT2D eigenvalue weighted by Gasteiger charge is -2.41. The molecule has 36 heavy (non-hydrogen) atoms. The standard InChI is InChI=1S/C20H35N2O12PS/c23-10(4-1-2-6-13-14-11(9-36-13)21-20(28)22-14)5-3-7-32-8-12(24)18-16(26)15(25)17(27)19(33-18)34-35(29,30)31/h11-19,24-27H,1-9H2,(H2,21,22,28)(H2,29,30,31)/t11?,12-,13?,14?,15+,16+,17?,18?,19+/m1/s1. The minimum absolute atomic E-state index is 0.0903. The van der Waals surface area contributed by atoms with Crippen molar-refractivity contribution >= 4 is 31.4 Å². The van der Waals surface area contributed by atoms with Crippen molar-refractivity contribution in [3.63, 3.8) is 0 Å². The maximum absolute atomic E-state index is 12.1. The summed E-state index contributed by atoms with van der Waals surface area (Å²) < 4.78 is 25.6. The predicted molar refractivity (Wildman–Crippen MR) is 125 cm³/mol.